The van der Waals surface area contributed by atoms with Gasteiger partial charge in [-0.15, -0.1) is 0 Å². The minimum Gasteiger partial charge on any atom is -0.462 e. The van der Waals surface area contributed by atoms with Gasteiger partial charge in [-0.2, -0.15) is 0 Å². The molecule has 0 atom stereocenters. The predicted octanol–water partition coefficient (Wildman–Crippen LogP) is 4.42. The lowest BCUT2D eigenvalue weighted by Crippen LogP contribution is -2.05. The van der Waals surface area contributed by atoms with E-state index in [1.807, 2.05) is 12.1 Å². The molecule has 1 aromatic heterocycles. The van der Waals surface area contributed by atoms with E-state index in [-0.39, 0.29) is 5.97 Å². The normalized spacial score (nSPS) is 10.2. The van der Waals surface area contributed by atoms with E-state index in [0.717, 1.165) is 10.2 Å². The molecule has 0 saturated heterocycles. The van der Waals surface area contributed by atoms with Crippen LogP contribution in [0.15, 0.2) is 41.0 Å². The highest BCUT2D eigenvalue weighted by Gasteiger charge is 2.08. The second-order valence-electron chi connectivity index (χ2n) is 3.88. The standard InChI is InChI=1S/C14H12BrClN2O2/c1-2-20-14(19)9-6-7-12(17-8-9)18-11-5-3-4-10(16)13(11)15/h3-8H,2H2,1H3,(H,17,18). The fraction of sp³-hybridized carbons (Fsp3) is 0.143. The number of ether oxygens (including phenoxy) is 1. The molecule has 0 saturated carbocycles. The van der Waals surface area contributed by atoms with Gasteiger partial charge in [0.25, 0.3) is 0 Å². The Labute approximate surface area is 130 Å². The van der Waals surface area contributed by atoms with Crippen molar-refractivity contribution in [1.29, 1.82) is 0 Å². The van der Waals surface area contributed by atoms with Gasteiger partial charge in [0.1, 0.15) is 5.82 Å². The summed E-state index contributed by atoms with van der Waals surface area (Å²) in [6.07, 6.45) is 1.47. The third-order valence-electron chi connectivity index (χ3n) is 2.49. The Bertz CT molecular complexity index is 617. The summed E-state index contributed by atoms with van der Waals surface area (Å²) < 4.78 is 5.66. The zero-order valence-electron chi connectivity index (χ0n) is 10.7. The van der Waals surface area contributed by atoms with E-state index in [2.05, 4.69) is 26.2 Å². The number of carbonyl (C=O) groups excluding carboxylic acids is 1. The molecule has 2 rings (SSSR count). The van der Waals surface area contributed by atoms with Crippen molar-refractivity contribution >= 4 is 45.0 Å². The largest absolute Gasteiger partial charge is 0.462 e. The molecule has 0 unspecified atom stereocenters. The third-order valence-corrected chi connectivity index (χ3v) is 3.89. The van der Waals surface area contributed by atoms with E-state index in [1.54, 1.807) is 25.1 Å². The first-order valence-corrected chi connectivity index (χ1v) is 7.13. The predicted molar refractivity (Wildman–Crippen MR) is 82.6 cm³/mol. The van der Waals surface area contributed by atoms with Crippen LogP contribution in [0, 0.1) is 0 Å². The Morgan fingerprint density at radius 2 is 2.20 bits per heavy atom. The van der Waals surface area contributed by atoms with Gasteiger partial charge in [0.2, 0.25) is 0 Å². The number of pyridine rings is 1. The molecule has 104 valence electrons. The molecule has 0 aliphatic heterocycles. The van der Waals surface area contributed by atoms with Crippen molar-refractivity contribution in [3.05, 3.63) is 51.6 Å². The van der Waals surface area contributed by atoms with Crippen LogP contribution in [0.2, 0.25) is 5.02 Å². The second-order valence-corrected chi connectivity index (χ2v) is 5.08. The third kappa shape index (κ3) is 3.49. The minimum absolute atomic E-state index is 0.342. The quantitative estimate of drug-likeness (QED) is 0.825. The monoisotopic (exact) mass is 354 g/mol. The molecule has 0 bridgehead atoms. The van der Waals surface area contributed by atoms with Crippen molar-refractivity contribution in [2.45, 2.75) is 6.92 Å². The topological polar surface area (TPSA) is 51.2 Å². The van der Waals surface area contributed by atoms with Crippen molar-refractivity contribution < 1.29 is 9.53 Å². The summed E-state index contributed by atoms with van der Waals surface area (Å²) in [6.45, 7) is 2.10. The van der Waals surface area contributed by atoms with Crippen molar-refractivity contribution in [3.63, 3.8) is 0 Å². The molecular formula is C14H12BrClN2O2. The summed E-state index contributed by atoms with van der Waals surface area (Å²) in [6, 6.07) is 8.86. The molecule has 0 spiro atoms. The number of benzene rings is 1. The Morgan fingerprint density at radius 1 is 1.40 bits per heavy atom. The summed E-state index contributed by atoms with van der Waals surface area (Å²) in [5.74, 6) is 0.233. The van der Waals surface area contributed by atoms with Gasteiger partial charge in [-0.1, -0.05) is 17.7 Å². The SMILES string of the molecule is CCOC(=O)c1ccc(Nc2cccc(Cl)c2Br)nc1. The summed E-state index contributed by atoms with van der Waals surface area (Å²) in [7, 11) is 0. The zero-order chi connectivity index (χ0) is 14.5. The minimum atomic E-state index is -0.379. The van der Waals surface area contributed by atoms with Gasteiger partial charge in [0.05, 0.1) is 27.4 Å². The number of anilines is 2. The van der Waals surface area contributed by atoms with Crippen LogP contribution in [0.4, 0.5) is 11.5 Å². The molecule has 0 fully saturated rings. The number of nitrogens with one attached hydrogen (secondary N) is 1. The molecule has 1 heterocycles. The molecular weight excluding hydrogens is 344 g/mol. The summed E-state index contributed by atoms with van der Waals surface area (Å²) in [5.41, 5.74) is 1.22. The van der Waals surface area contributed by atoms with E-state index in [0.29, 0.717) is 23.0 Å². The highest BCUT2D eigenvalue weighted by Crippen LogP contribution is 2.31. The van der Waals surface area contributed by atoms with Gasteiger partial charge in [-0.3, -0.25) is 0 Å². The fourth-order valence-corrected chi connectivity index (χ4v) is 2.08. The summed E-state index contributed by atoms with van der Waals surface area (Å²) >= 11 is 9.41. The molecule has 1 N–H and O–H groups in total. The lowest BCUT2D eigenvalue weighted by atomic mass is 10.2. The van der Waals surface area contributed by atoms with Crippen LogP contribution >= 0.6 is 27.5 Å². The molecule has 6 heteroatoms. The van der Waals surface area contributed by atoms with Gasteiger partial charge >= 0.3 is 5.97 Å². The lowest BCUT2D eigenvalue weighted by Gasteiger charge is -2.09. The average Bonchev–Trinajstić information content (AvgIpc) is 2.45. The van der Waals surface area contributed by atoms with Crippen molar-refractivity contribution in [3.8, 4) is 0 Å². The van der Waals surface area contributed by atoms with E-state index >= 15 is 0 Å². The van der Waals surface area contributed by atoms with Crippen LogP contribution in [-0.4, -0.2) is 17.6 Å². The second kappa shape index (κ2) is 6.72. The molecule has 0 aliphatic rings. The summed E-state index contributed by atoms with van der Waals surface area (Å²) in [5, 5.41) is 3.73. The van der Waals surface area contributed by atoms with Crippen LogP contribution in [0.5, 0.6) is 0 Å². The van der Waals surface area contributed by atoms with Gasteiger partial charge < -0.3 is 10.1 Å². The number of esters is 1. The maximum absolute atomic E-state index is 11.5. The Morgan fingerprint density at radius 3 is 2.85 bits per heavy atom. The van der Waals surface area contributed by atoms with E-state index in [4.69, 9.17) is 16.3 Å². The molecule has 0 aliphatic carbocycles. The maximum atomic E-state index is 11.5. The first kappa shape index (κ1) is 14.8. The van der Waals surface area contributed by atoms with Crippen molar-refractivity contribution in [2.75, 3.05) is 11.9 Å². The number of aromatic nitrogens is 1. The molecule has 20 heavy (non-hydrogen) atoms. The average molecular weight is 356 g/mol. The number of rotatable bonds is 4. The van der Waals surface area contributed by atoms with E-state index in [9.17, 15) is 4.79 Å². The Hall–Kier alpha value is -1.59. The molecule has 2 aromatic rings. The fourth-order valence-electron chi connectivity index (χ4n) is 1.54. The number of halogens is 2. The molecule has 0 amide bonds. The highest BCUT2D eigenvalue weighted by molar-refractivity contribution is 9.10. The number of hydrogen-bond donors (Lipinski definition) is 1. The molecule has 0 radical (unpaired) electrons. The first-order valence-electron chi connectivity index (χ1n) is 5.96. The first-order chi connectivity index (χ1) is 9.61. The van der Waals surface area contributed by atoms with Crippen LogP contribution < -0.4 is 5.32 Å². The number of hydrogen-bond acceptors (Lipinski definition) is 4. The number of nitrogens with zero attached hydrogens (tertiary/aromatic N) is 1. The van der Waals surface area contributed by atoms with Gasteiger partial charge in [0.15, 0.2) is 0 Å². The maximum Gasteiger partial charge on any atom is 0.339 e. The van der Waals surface area contributed by atoms with Crippen LogP contribution in [0.1, 0.15) is 17.3 Å². The lowest BCUT2D eigenvalue weighted by molar-refractivity contribution is 0.0526. The van der Waals surface area contributed by atoms with Crippen LogP contribution in [0.25, 0.3) is 0 Å². The Balaban J connectivity index is 2.15. The zero-order valence-corrected chi connectivity index (χ0v) is 13.0. The van der Waals surface area contributed by atoms with Gasteiger partial charge in [-0.25, -0.2) is 9.78 Å². The highest BCUT2D eigenvalue weighted by atomic mass is 79.9. The molecule has 4 nitrogen and oxygen atoms in total. The van der Waals surface area contributed by atoms with Crippen LogP contribution in [-0.2, 0) is 4.74 Å². The summed E-state index contributed by atoms with van der Waals surface area (Å²) in [4.78, 5) is 15.7. The molecule has 1 aromatic carbocycles. The van der Waals surface area contributed by atoms with Crippen molar-refractivity contribution in [2.24, 2.45) is 0 Å². The van der Waals surface area contributed by atoms with E-state index in [1.165, 1.54) is 6.20 Å². The smallest absolute Gasteiger partial charge is 0.339 e. The van der Waals surface area contributed by atoms with Gasteiger partial charge in [-0.05, 0) is 47.1 Å². The van der Waals surface area contributed by atoms with Crippen molar-refractivity contribution in [1.82, 2.24) is 4.98 Å². The Kier molecular flexibility index (Phi) is 4.98. The van der Waals surface area contributed by atoms with E-state index < -0.39 is 0 Å². The number of carbonyl (C=O) groups is 1. The van der Waals surface area contributed by atoms with Gasteiger partial charge in [0, 0.05) is 6.20 Å². The van der Waals surface area contributed by atoms with Crippen LogP contribution in [0.3, 0.4) is 0 Å².